The molecule has 0 rings (SSSR count). The van der Waals surface area contributed by atoms with Crippen LogP contribution in [0.5, 0.6) is 0 Å². The second-order valence-electron chi connectivity index (χ2n) is 2.94. The van der Waals surface area contributed by atoms with Crippen LogP contribution in [-0.4, -0.2) is 36.2 Å². The second-order valence-corrected chi connectivity index (χ2v) is 5.91. The van der Waals surface area contributed by atoms with Gasteiger partial charge in [-0.2, -0.15) is 0 Å². The number of hydrogen-bond donors (Lipinski definition) is 2. The topological polar surface area (TPSA) is 112 Å². The molecule has 0 saturated heterocycles. The summed E-state index contributed by atoms with van der Waals surface area (Å²) in [6.07, 6.45) is -0.473. The van der Waals surface area contributed by atoms with Crippen molar-refractivity contribution >= 4 is 15.6 Å². The van der Waals surface area contributed by atoms with E-state index in [1.54, 1.807) is 13.8 Å². The summed E-state index contributed by atoms with van der Waals surface area (Å²) < 4.78 is 39.4. The first-order chi connectivity index (χ1) is 7.18. The second kappa shape index (κ2) is 6.83. The van der Waals surface area contributed by atoms with Crippen LogP contribution in [0.4, 0.5) is 0 Å². The first-order valence-electron chi connectivity index (χ1n) is 4.37. The van der Waals surface area contributed by atoms with Gasteiger partial charge in [-0.1, -0.05) is 0 Å². The van der Waals surface area contributed by atoms with Crippen molar-refractivity contribution in [2.24, 2.45) is 0 Å². The summed E-state index contributed by atoms with van der Waals surface area (Å²) in [5, 5.41) is 0. The molecule has 0 aliphatic carbocycles. The summed E-state index contributed by atoms with van der Waals surface area (Å²) in [5.74, 6) is 0. The zero-order valence-corrected chi connectivity index (χ0v) is 11.0. The van der Waals surface area contributed by atoms with Gasteiger partial charge in [0.25, 0.3) is 0 Å². The van der Waals surface area contributed by atoms with Gasteiger partial charge in [-0.25, -0.2) is 9.13 Å². The average Bonchev–Trinajstić information content (AvgIpc) is 2.11. The Morgan fingerprint density at radius 1 is 1.06 bits per heavy atom. The molecule has 0 radical (unpaired) electrons. The van der Waals surface area contributed by atoms with E-state index < -0.39 is 21.7 Å². The van der Waals surface area contributed by atoms with Crippen molar-refractivity contribution in [2.45, 2.75) is 20.0 Å². The maximum Gasteiger partial charge on any atom is 0.472 e. The lowest BCUT2D eigenvalue weighted by Gasteiger charge is -2.14. The normalized spacial score (nSPS) is 19.4. The van der Waals surface area contributed by atoms with Gasteiger partial charge in [0.05, 0.1) is 19.3 Å². The molecular formula is C6H16O8P2. The molecule has 0 aromatic rings. The van der Waals surface area contributed by atoms with Gasteiger partial charge in [0.1, 0.15) is 0 Å². The molecule has 2 atom stereocenters. The van der Waals surface area contributed by atoms with E-state index in [9.17, 15) is 9.13 Å². The molecule has 0 bridgehead atoms. The van der Waals surface area contributed by atoms with Crippen LogP contribution in [-0.2, 0) is 27.2 Å². The molecule has 0 heterocycles. The fourth-order valence-corrected chi connectivity index (χ4v) is 1.96. The van der Waals surface area contributed by atoms with E-state index in [0.717, 1.165) is 7.11 Å². The third-order valence-corrected chi connectivity index (χ3v) is 3.33. The summed E-state index contributed by atoms with van der Waals surface area (Å²) in [6, 6.07) is 0. The maximum absolute atomic E-state index is 11.1. The highest BCUT2D eigenvalue weighted by atomic mass is 31.2. The molecule has 8 nitrogen and oxygen atoms in total. The van der Waals surface area contributed by atoms with Crippen LogP contribution in [0.3, 0.4) is 0 Å². The summed E-state index contributed by atoms with van der Waals surface area (Å²) in [4.78, 5) is 17.9. The largest absolute Gasteiger partial charge is 0.472 e. The highest BCUT2D eigenvalue weighted by Crippen LogP contribution is 2.45. The Hall–Kier alpha value is 0.220. The Bertz CT molecular complexity index is 290. The van der Waals surface area contributed by atoms with Crippen molar-refractivity contribution in [3.63, 3.8) is 0 Å². The maximum atomic E-state index is 11.1. The Balaban J connectivity index is 3.82. The molecule has 10 heteroatoms. The lowest BCUT2D eigenvalue weighted by atomic mass is 10.5. The fourth-order valence-electron chi connectivity index (χ4n) is 0.655. The van der Waals surface area contributed by atoms with Crippen LogP contribution in [0, 0.1) is 0 Å². The van der Waals surface area contributed by atoms with Gasteiger partial charge in [0, 0.05) is 7.11 Å². The first-order valence-corrected chi connectivity index (χ1v) is 7.36. The van der Waals surface area contributed by atoms with Gasteiger partial charge in [-0.3, -0.25) is 18.1 Å². The van der Waals surface area contributed by atoms with E-state index in [2.05, 4.69) is 18.1 Å². The molecule has 0 saturated carbocycles. The van der Waals surface area contributed by atoms with Crippen LogP contribution in [0.15, 0.2) is 0 Å². The summed E-state index contributed by atoms with van der Waals surface area (Å²) in [7, 11) is -7.21. The molecule has 0 aromatic heterocycles. The van der Waals surface area contributed by atoms with E-state index >= 15 is 0 Å². The van der Waals surface area contributed by atoms with E-state index in [-0.39, 0.29) is 13.2 Å². The Labute approximate surface area is 93.7 Å². The minimum atomic E-state index is -4.13. The molecule has 0 amide bonds. The SMILES string of the molecule is COP(=O)(O)OCCOP(=O)(O)OC(C)C. The molecule has 0 aliphatic rings. The van der Waals surface area contributed by atoms with Crippen LogP contribution in [0.2, 0.25) is 0 Å². The van der Waals surface area contributed by atoms with Gasteiger partial charge < -0.3 is 9.79 Å². The highest BCUT2D eigenvalue weighted by Gasteiger charge is 2.24. The minimum Gasteiger partial charge on any atom is -0.303 e. The van der Waals surface area contributed by atoms with Crippen LogP contribution >= 0.6 is 15.6 Å². The number of phosphoric ester groups is 2. The van der Waals surface area contributed by atoms with Gasteiger partial charge >= 0.3 is 15.6 Å². The third kappa shape index (κ3) is 8.38. The minimum absolute atomic E-state index is 0.367. The van der Waals surface area contributed by atoms with Crippen LogP contribution < -0.4 is 0 Å². The Morgan fingerprint density at radius 2 is 1.50 bits per heavy atom. The summed E-state index contributed by atoms with van der Waals surface area (Å²) >= 11 is 0. The van der Waals surface area contributed by atoms with E-state index in [1.165, 1.54) is 0 Å². The Kier molecular flexibility index (Phi) is 6.93. The monoisotopic (exact) mass is 278 g/mol. The predicted molar refractivity (Wildman–Crippen MR) is 54.8 cm³/mol. The quantitative estimate of drug-likeness (QED) is 0.504. The third-order valence-electron chi connectivity index (χ3n) is 1.17. The molecule has 0 aliphatic heterocycles. The van der Waals surface area contributed by atoms with Gasteiger partial charge in [-0.05, 0) is 13.8 Å². The molecule has 98 valence electrons. The zero-order chi connectivity index (χ0) is 12.8. The van der Waals surface area contributed by atoms with Crippen molar-refractivity contribution < 1.29 is 37.0 Å². The molecule has 0 spiro atoms. The average molecular weight is 278 g/mol. The van der Waals surface area contributed by atoms with Crippen molar-refractivity contribution in [3.8, 4) is 0 Å². The van der Waals surface area contributed by atoms with Crippen molar-refractivity contribution in [1.29, 1.82) is 0 Å². The van der Waals surface area contributed by atoms with Crippen molar-refractivity contribution in [3.05, 3.63) is 0 Å². The smallest absolute Gasteiger partial charge is 0.303 e. The molecule has 0 fully saturated rings. The Morgan fingerprint density at radius 3 is 1.88 bits per heavy atom. The first kappa shape index (κ1) is 16.2. The van der Waals surface area contributed by atoms with Crippen LogP contribution in [0.25, 0.3) is 0 Å². The lowest BCUT2D eigenvalue weighted by Crippen LogP contribution is -2.07. The predicted octanol–water partition coefficient (Wildman–Crippen LogP) is 1.29. The number of rotatable bonds is 8. The van der Waals surface area contributed by atoms with E-state index in [1.807, 2.05) is 0 Å². The summed E-state index contributed by atoms with van der Waals surface area (Å²) in [6.45, 7) is 2.40. The molecule has 16 heavy (non-hydrogen) atoms. The van der Waals surface area contributed by atoms with Gasteiger partial charge in [0.2, 0.25) is 0 Å². The molecule has 2 unspecified atom stereocenters. The fraction of sp³-hybridized carbons (Fsp3) is 1.00. The molecule has 2 N–H and O–H groups in total. The highest BCUT2D eigenvalue weighted by molar-refractivity contribution is 7.47. The van der Waals surface area contributed by atoms with Gasteiger partial charge in [0.15, 0.2) is 0 Å². The lowest BCUT2D eigenvalue weighted by molar-refractivity contribution is 0.0946. The number of hydrogen-bond acceptors (Lipinski definition) is 6. The number of phosphoric acid groups is 2. The molecular weight excluding hydrogens is 262 g/mol. The molecule has 0 aromatic carbocycles. The van der Waals surface area contributed by atoms with E-state index in [0.29, 0.717) is 0 Å². The van der Waals surface area contributed by atoms with Crippen molar-refractivity contribution in [2.75, 3.05) is 20.3 Å². The zero-order valence-electron chi connectivity index (χ0n) is 9.23. The van der Waals surface area contributed by atoms with Crippen LogP contribution in [0.1, 0.15) is 13.8 Å². The van der Waals surface area contributed by atoms with Crippen molar-refractivity contribution in [1.82, 2.24) is 0 Å². The van der Waals surface area contributed by atoms with Gasteiger partial charge in [-0.15, -0.1) is 0 Å². The summed E-state index contributed by atoms with van der Waals surface area (Å²) in [5.41, 5.74) is 0. The van der Waals surface area contributed by atoms with E-state index in [4.69, 9.17) is 9.79 Å². The standard InChI is InChI=1S/C6H16O8P2/c1-6(2)14-16(9,10)13-5-4-12-15(7,8)11-3/h6H,4-5H2,1-3H3,(H,7,8)(H,9,10).